The number of amides is 2. The largest absolute Gasteiger partial charge is 0.466 e. The van der Waals surface area contributed by atoms with Crippen molar-refractivity contribution in [2.45, 2.75) is 5.60 Å². The van der Waals surface area contributed by atoms with Crippen LogP contribution in [0.1, 0.15) is 11.3 Å². The number of rotatable bonds is 5. The second-order valence-electron chi connectivity index (χ2n) is 5.62. The molecule has 0 aliphatic carbocycles. The standard InChI is InChI=1S/C18H14ClFN2O4S/c19-13-8-12(3-4-14(13)20)22-17(24)16(23)21-10-18(25,11-5-7-27-9-11)15-2-1-6-26-15/h1-9,25H,10H2,(H,21,23)(H,22,24). The third-order valence-corrected chi connectivity index (χ3v) is 4.79. The fourth-order valence-electron chi connectivity index (χ4n) is 2.40. The van der Waals surface area contributed by atoms with E-state index in [1.54, 1.807) is 29.0 Å². The summed E-state index contributed by atoms with van der Waals surface area (Å²) < 4.78 is 18.4. The van der Waals surface area contributed by atoms with Crippen molar-refractivity contribution in [3.05, 3.63) is 75.6 Å². The molecule has 3 aromatic rings. The van der Waals surface area contributed by atoms with E-state index in [0.29, 0.717) is 5.56 Å². The predicted molar refractivity (Wildman–Crippen MR) is 99.1 cm³/mol. The lowest BCUT2D eigenvalue weighted by atomic mass is 9.93. The highest BCUT2D eigenvalue weighted by atomic mass is 35.5. The van der Waals surface area contributed by atoms with Crippen molar-refractivity contribution in [1.82, 2.24) is 5.32 Å². The molecule has 1 aromatic carbocycles. The SMILES string of the molecule is O=C(NCC(O)(c1ccsc1)c1ccco1)C(=O)Nc1ccc(F)c(Cl)c1. The van der Waals surface area contributed by atoms with Crippen molar-refractivity contribution in [1.29, 1.82) is 0 Å². The van der Waals surface area contributed by atoms with E-state index in [1.807, 2.05) is 0 Å². The molecule has 2 heterocycles. The summed E-state index contributed by atoms with van der Waals surface area (Å²) >= 11 is 7.01. The predicted octanol–water partition coefficient (Wildman–Crippen LogP) is 3.12. The normalized spacial score (nSPS) is 13.0. The molecule has 2 amide bonds. The summed E-state index contributed by atoms with van der Waals surface area (Å²) in [5.41, 5.74) is -0.937. The molecular weight excluding hydrogens is 395 g/mol. The van der Waals surface area contributed by atoms with Crippen molar-refractivity contribution in [3.63, 3.8) is 0 Å². The van der Waals surface area contributed by atoms with Crippen LogP contribution in [0.2, 0.25) is 5.02 Å². The summed E-state index contributed by atoms with van der Waals surface area (Å²) in [7, 11) is 0. The zero-order chi connectivity index (χ0) is 19.4. The lowest BCUT2D eigenvalue weighted by molar-refractivity contribution is -0.136. The number of carbonyl (C=O) groups excluding carboxylic acids is 2. The van der Waals surface area contributed by atoms with E-state index in [1.165, 1.54) is 29.7 Å². The fraction of sp³-hybridized carbons (Fsp3) is 0.111. The van der Waals surface area contributed by atoms with E-state index < -0.39 is 23.2 Å². The number of halogens is 2. The molecule has 1 atom stereocenters. The Bertz CT molecular complexity index is 910. The summed E-state index contributed by atoms with van der Waals surface area (Å²) in [6, 6.07) is 8.41. The summed E-state index contributed by atoms with van der Waals surface area (Å²) in [6.45, 7) is -0.284. The van der Waals surface area contributed by atoms with Crippen LogP contribution in [0, 0.1) is 5.82 Å². The number of nitrogens with one attached hydrogen (secondary N) is 2. The van der Waals surface area contributed by atoms with Crippen LogP contribution in [-0.4, -0.2) is 23.5 Å². The number of hydrogen-bond acceptors (Lipinski definition) is 5. The Balaban J connectivity index is 1.69. The van der Waals surface area contributed by atoms with Crippen LogP contribution in [0.25, 0.3) is 0 Å². The van der Waals surface area contributed by atoms with Crippen molar-refractivity contribution in [2.24, 2.45) is 0 Å². The van der Waals surface area contributed by atoms with Crippen molar-refractivity contribution in [3.8, 4) is 0 Å². The zero-order valence-electron chi connectivity index (χ0n) is 13.7. The number of thiophene rings is 1. The maximum absolute atomic E-state index is 13.2. The Morgan fingerprint density at radius 3 is 2.70 bits per heavy atom. The summed E-state index contributed by atoms with van der Waals surface area (Å²) in [4.78, 5) is 24.2. The van der Waals surface area contributed by atoms with Crippen LogP contribution in [-0.2, 0) is 15.2 Å². The van der Waals surface area contributed by atoms with Crippen molar-refractivity contribution < 1.29 is 23.5 Å². The van der Waals surface area contributed by atoms with Gasteiger partial charge in [0.25, 0.3) is 0 Å². The van der Waals surface area contributed by atoms with Gasteiger partial charge in [-0.1, -0.05) is 11.6 Å². The highest BCUT2D eigenvalue weighted by Crippen LogP contribution is 2.31. The number of anilines is 1. The lowest BCUT2D eigenvalue weighted by Gasteiger charge is -2.25. The quantitative estimate of drug-likeness (QED) is 0.566. The molecule has 0 saturated heterocycles. The van der Waals surface area contributed by atoms with E-state index in [2.05, 4.69) is 10.6 Å². The van der Waals surface area contributed by atoms with Gasteiger partial charge < -0.3 is 20.2 Å². The fourth-order valence-corrected chi connectivity index (χ4v) is 3.30. The van der Waals surface area contributed by atoms with E-state index in [9.17, 15) is 19.1 Å². The highest BCUT2D eigenvalue weighted by molar-refractivity contribution is 7.08. The van der Waals surface area contributed by atoms with Gasteiger partial charge in [0.15, 0.2) is 5.60 Å². The molecule has 3 N–H and O–H groups in total. The van der Waals surface area contributed by atoms with Crippen LogP contribution in [0.15, 0.2) is 57.8 Å². The molecule has 0 fully saturated rings. The highest BCUT2D eigenvalue weighted by Gasteiger charge is 2.36. The minimum atomic E-state index is -1.63. The summed E-state index contributed by atoms with van der Waals surface area (Å²) in [6.07, 6.45) is 1.40. The molecule has 27 heavy (non-hydrogen) atoms. The van der Waals surface area contributed by atoms with Gasteiger partial charge in [-0.15, -0.1) is 0 Å². The number of carbonyl (C=O) groups is 2. The molecule has 1 unspecified atom stereocenters. The van der Waals surface area contributed by atoms with Crippen molar-refractivity contribution >= 4 is 40.4 Å². The van der Waals surface area contributed by atoms with Crippen LogP contribution in [0.4, 0.5) is 10.1 Å². The maximum Gasteiger partial charge on any atom is 0.313 e. The van der Waals surface area contributed by atoms with Crippen LogP contribution in [0.5, 0.6) is 0 Å². The molecule has 0 bridgehead atoms. The van der Waals surface area contributed by atoms with Gasteiger partial charge in [-0.3, -0.25) is 9.59 Å². The van der Waals surface area contributed by atoms with E-state index in [-0.39, 0.29) is 23.0 Å². The molecule has 0 radical (unpaired) electrons. The van der Waals surface area contributed by atoms with Gasteiger partial charge in [-0.05, 0) is 47.2 Å². The first-order valence-electron chi connectivity index (χ1n) is 7.73. The average Bonchev–Trinajstić information content (AvgIpc) is 3.36. The Morgan fingerprint density at radius 2 is 2.07 bits per heavy atom. The molecule has 0 aliphatic rings. The van der Waals surface area contributed by atoms with E-state index in [0.717, 1.165) is 6.07 Å². The second kappa shape index (κ2) is 7.91. The Kier molecular flexibility index (Phi) is 5.59. The maximum atomic E-state index is 13.2. The molecule has 9 heteroatoms. The Hall–Kier alpha value is -2.68. The van der Waals surface area contributed by atoms with Gasteiger partial charge in [0.1, 0.15) is 11.6 Å². The Labute approximate surface area is 162 Å². The van der Waals surface area contributed by atoms with Crippen LogP contribution < -0.4 is 10.6 Å². The zero-order valence-corrected chi connectivity index (χ0v) is 15.3. The molecule has 140 valence electrons. The van der Waals surface area contributed by atoms with Gasteiger partial charge in [0, 0.05) is 11.3 Å². The minimum absolute atomic E-state index is 0.167. The second-order valence-corrected chi connectivity index (χ2v) is 6.80. The summed E-state index contributed by atoms with van der Waals surface area (Å²) in [5, 5.41) is 19.0. The van der Waals surface area contributed by atoms with Crippen LogP contribution >= 0.6 is 22.9 Å². The van der Waals surface area contributed by atoms with Crippen LogP contribution in [0.3, 0.4) is 0 Å². The molecule has 6 nitrogen and oxygen atoms in total. The first-order valence-corrected chi connectivity index (χ1v) is 9.05. The van der Waals surface area contributed by atoms with E-state index in [4.69, 9.17) is 16.0 Å². The monoisotopic (exact) mass is 408 g/mol. The summed E-state index contributed by atoms with van der Waals surface area (Å²) in [5.74, 6) is -2.37. The van der Waals surface area contributed by atoms with Gasteiger partial charge in [0.05, 0.1) is 17.8 Å². The number of hydrogen-bond donors (Lipinski definition) is 3. The molecule has 3 rings (SSSR count). The van der Waals surface area contributed by atoms with Gasteiger partial charge >= 0.3 is 11.8 Å². The third kappa shape index (κ3) is 4.19. The number of aliphatic hydroxyl groups is 1. The lowest BCUT2D eigenvalue weighted by Crippen LogP contribution is -2.45. The molecular formula is C18H14ClFN2O4S. The first kappa shape index (κ1) is 19.1. The number of benzene rings is 1. The van der Waals surface area contributed by atoms with Gasteiger partial charge in [-0.2, -0.15) is 11.3 Å². The van der Waals surface area contributed by atoms with Gasteiger partial charge in [0.2, 0.25) is 0 Å². The Morgan fingerprint density at radius 1 is 1.26 bits per heavy atom. The van der Waals surface area contributed by atoms with E-state index >= 15 is 0 Å². The topological polar surface area (TPSA) is 91.6 Å². The molecule has 0 spiro atoms. The molecule has 2 aromatic heterocycles. The number of furan rings is 1. The van der Waals surface area contributed by atoms with Crippen molar-refractivity contribution in [2.75, 3.05) is 11.9 Å². The minimum Gasteiger partial charge on any atom is -0.466 e. The average molecular weight is 409 g/mol. The first-order chi connectivity index (χ1) is 12.9. The van der Waals surface area contributed by atoms with Gasteiger partial charge in [-0.25, -0.2) is 4.39 Å². The molecule has 0 saturated carbocycles. The third-order valence-electron chi connectivity index (χ3n) is 3.82. The molecule has 0 aliphatic heterocycles. The smallest absolute Gasteiger partial charge is 0.313 e.